The third-order valence-corrected chi connectivity index (χ3v) is 4.70. The average molecular weight is 356 g/mol. The maximum absolute atomic E-state index is 11.5. The number of rotatable bonds is 5. The van der Waals surface area contributed by atoms with Crippen LogP contribution in [0.2, 0.25) is 0 Å². The molecule has 4 heteroatoms. The van der Waals surface area contributed by atoms with Gasteiger partial charge >= 0.3 is 0 Å². The van der Waals surface area contributed by atoms with Gasteiger partial charge in [-0.3, -0.25) is 14.8 Å². The van der Waals surface area contributed by atoms with Gasteiger partial charge in [-0.25, -0.2) is 0 Å². The fourth-order valence-electron chi connectivity index (χ4n) is 3.46. The molecule has 27 heavy (non-hydrogen) atoms. The summed E-state index contributed by atoms with van der Waals surface area (Å²) >= 11 is 0. The number of para-hydroxylation sites is 1. The maximum Gasteiger partial charge on any atom is 0.134 e. The van der Waals surface area contributed by atoms with Crippen LogP contribution in [0.1, 0.15) is 23.6 Å². The molecule has 0 saturated carbocycles. The molecule has 2 heterocycles. The van der Waals surface area contributed by atoms with Crippen LogP contribution in [0.15, 0.2) is 76.9 Å². The van der Waals surface area contributed by atoms with E-state index in [4.69, 9.17) is 9.73 Å². The molecule has 2 aromatic rings. The highest BCUT2D eigenvalue weighted by Gasteiger charge is 2.27. The van der Waals surface area contributed by atoms with Crippen molar-refractivity contribution in [3.05, 3.63) is 83.6 Å². The number of dihydropyridines is 1. The summed E-state index contributed by atoms with van der Waals surface area (Å²) in [4.78, 5) is 20.9. The Hall–Kier alpha value is -3.27. The average Bonchev–Trinajstić information content (AvgIpc) is 3.11. The van der Waals surface area contributed by atoms with Crippen LogP contribution in [0.5, 0.6) is 5.75 Å². The molecule has 2 aliphatic rings. The van der Waals surface area contributed by atoms with E-state index >= 15 is 0 Å². The van der Waals surface area contributed by atoms with Gasteiger partial charge in [0.2, 0.25) is 0 Å². The van der Waals surface area contributed by atoms with Crippen LogP contribution in [0.4, 0.5) is 0 Å². The number of carbonyl (C=O) groups is 1. The van der Waals surface area contributed by atoms with Crippen LogP contribution in [0, 0.1) is 0 Å². The van der Waals surface area contributed by atoms with Crippen molar-refractivity contribution in [2.45, 2.75) is 19.4 Å². The highest BCUT2D eigenvalue weighted by atomic mass is 16.5. The standard InChI is InChI=1S/C23H20N2O2/c1-15(26)12-16-6-5-7-17(13-16)19-14-24-21-11-10-20(25-23(19)21)18-8-3-4-9-22(18)27-2/h3-11,13-14,23H,12H2,1-2H3. The molecule has 1 unspecified atom stereocenters. The molecular weight excluding hydrogens is 336 g/mol. The van der Waals surface area contributed by atoms with Gasteiger partial charge in [-0.05, 0) is 42.3 Å². The highest BCUT2D eigenvalue weighted by Crippen LogP contribution is 2.31. The predicted molar refractivity (Wildman–Crippen MR) is 109 cm³/mol. The number of allylic oxidation sites excluding steroid dienone is 1. The SMILES string of the molecule is COc1ccccc1C1=NC2C(c3cccc(CC(C)=O)c3)=CN=C2C=C1. The van der Waals surface area contributed by atoms with Crippen LogP contribution in [0.25, 0.3) is 5.57 Å². The number of Topliss-reactive ketones (excluding diaryl/α,β-unsaturated/α-hetero) is 1. The summed E-state index contributed by atoms with van der Waals surface area (Å²) in [6.07, 6.45) is 6.32. The number of ether oxygens (including phenoxy) is 1. The number of benzene rings is 2. The Labute approximate surface area is 158 Å². The minimum atomic E-state index is -0.137. The van der Waals surface area contributed by atoms with E-state index in [1.165, 1.54) is 0 Å². The first-order valence-corrected chi connectivity index (χ1v) is 8.91. The molecule has 0 saturated heterocycles. The molecular formula is C23H20N2O2. The normalized spacial score (nSPS) is 17.7. The van der Waals surface area contributed by atoms with Crippen LogP contribution in [-0.4, -0.2) is 30.4 Å². The molecule has 0 amide bonds. The van der Waals surface area contributed by atoms with Gasteiger partial charge in [0.05, 0.1) is 18.5 Å². The lowest BCUT2D eigenvalue weighted by Crippen LogP contribution is -2.21. The van der Waals surface area contributed by atoms with Gasteiger partial charge in [0.15, 0.2) is 0 Å². The molecule has 1 atom stereocenters. The molecule has 0 aromatic heterocycles. The van der Waals surface area contributed by atoms with Gasteiger partial charge in [-0.15, -0.1) is 0 Å². The molecule has 0 N–H and O–H groups in total. The molecule has 2 aliphatic heterocycles. The summed E-state index contributed by atoms with van der Waals surface area (Å²) in [6, 6.07) is 15.8. The summed E-state index contributed by atoms with van der Waals surface area (Å²) in [6.45, 7) is 1.61. The Morgan fingerprint density at radius 3 is 2.78 bits per heavy atom. The van der Waals surface area contributed by atoms with E-state index in [0.717, 1.165) is 39.4 Å². The molecule has 4 nitrogen and oxygen atoms in total. The Bertz CT molecular complexity index is 1030. The largest absolute Gasteiger partial charge is 0.496 e. The molecule has 0 bridgehead atoms. The lowest BCUT2D eigenvalue weighted by atomic mass is 9.93. The fourth-order valence-corrected chi connectivity index (χ4v) is 3.46. The Morgan fingerprint density at radius 2 is 1.96 bits per heavy atom. The number of methoxy groups -OCH3 is 1. The Kier molecular flexibility index (Phi) is 4.55. The van der Waals surface area contributed by atoms with E-state index < -0.39 is 0 Å². The van der Waals surface area contributed by atoms with Gasteiger partial charge in [0.25, 0.3) is 0 Å². The summed E-state index contributed by atoms with van der Waals surface area (Å²) in [5.74, 6) is 0.954. The van der Waals surface area contributed by atoms with E-state index in [-0.39, 0.29) is 11.8 Å². The van der Waals surface area contributed by atoms with Crippen LogP contribution >= 0.6 is 0 Å². The summed E-state index contributed by atoms with van der Waals surface area (Å²) in [5, 5.41) is 0. The fraction of sp³-hybridized carbons (Fsp3) is 0.174. The lowest BCUT2D eigenvalue weighted by molar-refractivity contribution is -0.116. The molecule has 4 rings (SSSR count). The third-order valence-electron chi connectivity index (χ3n) is 4.70. The van der Waals surface area contributed by atoms with Crippen LogP contribution < -0.4 is 4.74 Å². The molecule has 2 aromatic carbocycles. The van der Waals surface area contributed by atoms with Crippen molar-refractivity contribution in [2.75, 3.05) is 7.11 Å². The van der Waals surface area contributed by atoms with Crippen molar-refractivity contribution < 1.29 is 9.53 Å². The van der Waals surface area contributed by atoms with Crippen molar-refractivity contribution in [1.82, 2.24) is 0 Å². The van der Waals surface area contributed by atoms with E-state index in [1.54, 1.807) is 14.0 Å². The quantitative estimate of drug-likeness (QED) is 0.811. The van der Waals surface area contributed by atoms with E-state index in [9.17, 15) is 4.79 Å². The molecule has 0 spiro atoms. The van der Waals surface area contributed by atoms with Crippen molar-refractivity contribution in [3.63, 3.8) is 0 Å². The molecule has 0 fully saturated rings. The zero-order valence-electron chi connectivity index (χ0n) is 15.3. The number of hydrogen-bond donors (Lipinski definition) is 0. The maximum atomic E-state index is 11.5. The topological polar surface area (TPSA) is 51.0 Å². The van der Waals surface area contributed by atoms with Crippen molar-refractivity contribution in [2.24, 2.45) is 9.98 Å². The number of nitrogens with zero attached hydrogens (tertiary/aromatic N) is 2. The summed E-state index contributed by atoms with van der Waals surface area (Å²) in [7, 11) is 1.67. The second kappa shape index (κ2) is 7.16. The van der Waals surface area contributed by atoms with Gasteiger partial charge in [-0.2, -0.15) is 0 Å². The number of hydrogen-bond acceptors (Lipinski definition) is 4. The molecule has 134 valence electrons. The molecule has 0 aliphatic carbocycles. The zero-order chi connectivity index (χ0) is 18.8. The highest BCUT2D eigenvalue weighted by molar-refractivity contribution is 6.22. The van der Waals surface area contributed by atoms with Gasteiger partial charge < -0.3 is 4.74 Å². The van der Waals surface area contributed by atoms with Crippen LogP contribution in [0.3, 0.4) is 0 Å². The van der Waals surface area contributed by atoms with Gasteiger partial charge in [-0.1, -0.05) is 36.4 Å². The van der Waals surface area contributed by atoms with E-state index in [1.807, 2.05) is 60.8 Å². The summed E-state index contributed by atoms with van der Waals surface area (Å²) in [5.41, 5.74) is 5.88. The first-order valence-electron chi connectivity index (χ1n) is 8.91. The van der Waals surface area contributed by atoms with Gasteiger partial charge in [0.1, 0.15) is 17.6 Å². The number of ketones is 1. The Morgan fingerprint density at radius 1 is 1.11 bits per heavy atom. The number of carbonyl (C=O) groups excluding carboxylic acids is 1. The van der Waals surface area contributed by atoms with Crippen LogP contribution in [-0.2, 0) is 11.2 Å². The van der Waals surface area contributed by atoms with Crippen molar-refractivity contribution >= 4 is 22.8 Å². The van der Waals surface area contributed by atoms with Crippen molar-refractivity contribution in [1.29, 1.82) is 0 Å². The van der Waals surface area contributed by atoms with E-state index in [0.29, 0.717) is 6.42 Å². The second-order valence-electron chi connectivity index (χ2n) is 6.67. The first-order chi connectivity index (χ1) is 13.2. The minimum Gasteiger partial charge on any atom is -0.496 e. The van der Waals surface area contributed by atoms with Crippen molar-refractivity contribution in [3.8, 4) is 5.75 Å². The third kappa shape index (κ3) is 3.38. The second-order valence-corrected chi connectivity index (χ2v) is 6.67. The molecule has 0 radical (unpaired) electrons. The zero-order valence-corrected chi connectivity index (χ0v) is 15.3. The Balaban J connectivity index is 1.68. The number of aliphatic imine (C=N–C) groups is 2. The summed E-state index contributed by atoms with van der Waals surface area (Å²) < 4.78 is 5.48. The predicted octanol–water partition coefficient (Wildman–Crippen LogP) is 4.05. The van der Waals surface area contributed by atoms with Gasteiger partial charge in [0, 0.05) is 23.8 Å². The lowest BCUT2D eigenvalue weighted by Gasteiger charge is -2.19. The number of fused-ring (bicyclic) bond motifs is 1. The monoisotopic (exact) mass is 356 g/mol. The first kappa shape index (κ1) is 17.2. The van der Waals surface area contributed by atoms with E-state index in [2.05, 4.69) is 11.1 Å². The minimum absolute atomic E-state index is 0.137. The smallest absolute Gasteiger partial charge is 0.134 e.